The zero-order valence-corrected chi connectivity index (χ0v) is 12.1. The lowest BCUT2D eigenvalue weighted by Crippen LogP contribution is -2.42. The van der Waals surface area contributed by atoms with Crippen LogP contribution in [-0.2, 0) is 10.0 Å². The van der Waals surface area contributed by atoms with Gasteiger partial charge in [0.1, 0.15) is 5.75 Å². The zero-order chi connectivity index (χ0) is 13.9. The molecule has 0 bridgehead atoms. The second-order valence-electron chi connectivity index (χ2n) is 3.78. The SMILES string of the molecule is COc1ccc(S(=O)(=O)N(C)C(C)C(N)=S)cc1. The number of methoxy groups -OCH3 is 1. The van der Waals surface area contributed by atoms with Crippen LogP contribution in [0, 0.1) is 0 Å². The summed E-state index contributed by atoms with van der Waals surface area (Å²) < 4.78 is 30.6. The number of nitrogens with two attached hydrogens (primary N) is 1. The number of sulfonamides is 1. The van der Waals surface area contributed by atoms with Crippen molar-refractivity contribution in [2.24, 2.45) is 5.73 Å². The van der Waals surface area contributed by atoms with Crippen molar-refractivity contribution in [1.29, 1.82) is 0 Å². The lowest BCUT2D eigenvalue weighted by atomic mass is 10.3. The van der Waals surface area contributed by atoms with Crippen LogP contribution in [0.2, 0.25) is 0 Å². The molecule has 1 aromatic rings. The molecule has 1 atom stereocenters. The number of hydrogen-bond donors (Lipinski definition) is 1. The fourth-order valence-corrected chi connectivity index (χ4v) is 2.87. The summed E-state index contributed by atoms with van der Waals surface area (Å²) in [6.07, 6.45) is 0. The van der Waals surface area contributed by atoms with Gasteiger partial charge in [0.15, 0.2) is 0 Å². The highest BCUT2D eigenvalue weighted by molar-refractivity contribution is 7.89. The maximum Gasteiger partial charge on any atom is 0.243 e. The third-order valence-electron chi connectivity index (χ3n) is 2.69. The second kappa shape index (κ2) is 5.64. The summed E-state index contributed by atoms with van der Waals surface area (Å²) in [6.45, 7) is 1.64. The first-order valence-corrected chi connectivity index (χ1v) is 7.07. The molecule has 1 unspecified atom stereocenters. The lowest BCUT2D eigenvalue weighted by Gasteiger charge is -2.23. The third-order valence-corrected chi connectivity index (χ3v) is 4.98. The second-order valence-corrected chi connectivity index (χ2v) is 6.24. The molecule has 1 rings (SSSR count). The topological polar surface area (TPSA) is 72.6 Å². The average Bonchev–Trinajstić information content (AvgIpc) is 2.36. The molecule has 0 heterocycles. The molecule has 0 aromatic heterocycles. The Kier molecular flexibility index (Phi) is 4.66. The Morgan fingerprint density at radius 2 is 1.89 bits per heavy atom. The molecule has 0 saturated carbocycles. The molecule has 0 radical (unpaired) electrons. The van der Waals surface area contributed by atoms with Crippen molar-refractivity contribution in [2.45, 2.75) is 17.9 Å². The highest BCUT2D eigenvalue weighted by Gasteiger charge is 2.26. The van der Waals surface area contributed by atoms with Crippen molar-refractivity contribution in [2.75, 3.05) is 14.2 Å². The van der Waals surface area contributed by atoms with E-state index >= 15 is 0 Å². The molecule has 0 saturated heterocycles. The minimum atomic E-state index is -3.60. The quantitative estimate of drug-likeness (QED) is 0.818. The molecule has 100 valence electrons. The number of hydrogen-bond acceptors (Lipinski definition) is 4. The van der Waals surface area contributed by atoms with Gasteiger partial charge in [-0.2, -0.15) is 4.31 Å². The smallest absolute Gasteiger partial charge is 0.243 e. The van der Waals surface area contributed by atoms with Crippen LogP contribution in [-0.4, -0.2) is 37.9 Å². The van der Waals surface area contributed by atoms with Gasteiger partial charge in [0.05, 0.1) is 23.0 Å². The Morgan fingerprint density at radius 3 is 2.28 bits per heavy atom. The van der Waals surface area contributed by atoms with Crippen LogP contribution in [0.4, 0.5) is 0 Å². The minimum absolute atomic E-state index is 0.134. The van der Waals surface area contributed by atoms with Crippen LogP contribution < -0.4 is 10.5 Å². The van der Waals surface area contributed by atoms with Gasteiger partial charge in [-0.15, -0.1) is 0 Å². The molecule has 1 aromatic carbocycles. The molecule has 7 heteroatoms. The molecular weight excluding hydrogens is 272 g/mol. The van der Waals surface area contributed by atoms with Crippen LogP contribution in [0.3, 0.4) is 0 Å². The van der Waals surface area contributed by atoms with Gasteiger partial charge in [0.2, 0.25) is 10.0 Å². The molecule has 0 aliphatic heterocycles. The molecule has 0 fully saturated rings. The fraction of sp³-hybridized carbons (Fsp3) is 0.364. The van der Waals surface area contributed by atoms with Crippen molar-refractivity contribution in [3.63, 3.8) is 0 Å². The Labute approximate surface area is 113 Å². The van der Waals surface area contributed by atoms with E-state index in [-0.39, 0.29) is 9.88 Å². The van der Waals surface area contributed by atoms with Crippen molar-refractivity contribution in [3.8, 4) is 5.75 Å². The van der Waals surface area contributed by atoms with Crippen molar-refractivity contribution < 1.29 is 13.2 Å². The van der Waals surface area contributed by atoms with Crippen molar-refractivity contribution in [1.82, 2.24) is 4.31 Å². The maximum atomic E-state index is 12.2. The molecule has 2 N–H and O–H groups in total. The highest BCUT2D eigenvalue weighted by atomic mass is 32.2. The molecule has 0 spiro atoms. The maximum absolute atomic E-state index is 12.2. The highest BCUT2D eigenvalue weighted by Crippen LogP contribution is 2.19. The monoisotopic (exact) mass is 288 g/mol. The summed E-state index contributed by atoms with van der Waals surface area (Å²) in [6, 6.07) is 5.61. The zero-order valence-electron chi connectivity index (χ0n) is 10.5. The molecule has 0 aliphatic rings. The molecular formula is C11H16N2O3S2. The lowest BCUT2D eigenvalue weighted by molar-refractivity contribution is 0.414. The van der Waals surface area contributed by atoms with E-state index in [1.54, 1.807) is 19.1 Å². The Bertz CT molecular complexity index is 526. The minimum Gasteiger partial charge on any atom is -0.497 e. The van der Waals surface area contributed by atoms with Gasteiger partial charge < -0.3 is 10.5 Å². The summed E-state index contributed by atoms with van der Waals surface area (Å²) in [5.74, 6) is 0.596. The predicted molar refractivity (Wildman–Crippen MR) is 74.2 cm³/mol. The van der Waals surface area contributed by atoms with E-state index in [2.05, 4.69) is 0 Å². The summed E-state index contributed by atoms with van der Waals surface area (Å²) >= 11 is 4.80. The van der Waals surface area contributed by atoms with E-state index in [9.17, 15) is 8.42 Å². The Morgan fingerprint density at radius 1 is 1.39 bits per heavy atom. The van der Waals surface area contributed by atoms with Gasteiger partial charge >= 0.3 is 0 Å². The Hall–Kier alpha value is -1.18. The largest absolute Gasteiger partial charge is 0.497 e. The van der Waals surface area contributed by atoms with Crippen LogP contribution in [0.1, 0.15) is 6.92 Å². The number of ether oxygens (including phenoxy) is 1. The molecule has 5 nitrogen and oxygen atoms in total. The van der Waals surface area contributed by atoms with Gasteiger partial charge in [-0.3, -0.25) is 0 Å². The van der Waals surface area contributed by atoms with E-state index in [0.717, 1.165) is 4.31 Å². The number of rotatable bonds is 5. The van der Waals surface area contributed by atoms with E-state index in [4.69, 9.17) is 22.7 Å². The summed E-state index contributed by atoms with van der Waals surface area (Å²) in [5.41, 5.74) is 5.46. The molecule has 18 heavy (non-hydrogen) atoms. The Balaban J connectivity index is 3.09. The fourth-order valence-electron chi connectivity index (χ4n) is 1.30. The average molecular weight is 288 g/mol. The predicted octanol–water partition coefficient (Wildman–Crippen LogP) is 0.990. The number of benzene rings is 1. The summed E-state index contributed by atoms with van der Waals surface area (Å²) in [7, 11) is -0.632. The van der Waals surface area contributed by atoms with Crippen LogP contribution in [0.15, 0.2) is 29.2 Å². The molecule has 0 aliphatic carbocycles. The van der Waals surface area contributed by atoms with E-state index < -0.39 is 16.1 Å². The first kappa shape index (κ1) is 14.9. The summed E-state index contributed by atoms with van der Waals surface area (Å²) in [4.78, 5) is 0.309. The van der Waals surface area contributed by atoms with Crippen molar-refractivity contribution >= 4 is 27.2 Å². The number of thiocarbonyl (C=S) groups is 1. The van der Waals surface area contributed by atoms with Crippen molar-refractivity contribution in [3.05, 3.63) is 24.3 Å². The van der Waals surface area contributed by atoms with Gasteiger partial charge in [0, 0.05) is 7.05 Å². The van der Waals surface area contributed by atoms with E-state index in [1.165, 1.54) is 26.3 Å². The third kappa shape index (κ3) is 2.98. The summed E-state index contributed by atoms with van der Waals surface area (Å²) in [5, 5.41) is 0. The normalized spacial score (nSPS) is 13.3. The van der Waals surface area contributed by atoms with Gasteiger partial charge in [-0.25, -0.2) is 8.42 Å². The van der Waals surface area contributed by atoms with Gasteiger partial charge in [-0.1, -0.05) is 12.2 Å². The van der Waals surface area contributed by atoms with Crippen LogP contribution in [0.5, 0.6) is 5.75 Å². The van der Waals surface area contributed by atoms with E-state index in [1.807, 2.05) is 0 Å². The first-order valence-electron chi connectivity index (χ1n) is 5.22. The number of nitrogens with zero attached hydrogens (tertiary/aromatic N) is 1. The van der Waals surface area contributed by atoms with Crippen LogP contribution in [0.25, 0.3) is 0 Å². The standard InChI is InChI=1S/C11H16N2O3S2/c1-8(11(12)17)13(2)18(14,15)10-6-4-9(16-3)5-7-10/h4-8H,1-3H3,(H2,12,17). The molecule has 0 amide bonds. The van der Waals surface area contributed by atoms with E-state index in [0.29, 0.717) is 5.75 Å². The van der Waals surface area contributed by atoms with Gasteiger partial charge in [-0.05, 0) is 31.2 Å². The first-order chi connectivity index (χ1) is 8.30. The van der Waals surface area contributed by atoms with Crippen LogP contribution >= 0.6 is 12.2 Å². The number of likely N-dealkylation sites (N-methyl/N-ethyl adjacent to an activating group) is 1. The van der Waals surface area contributed by atoms with Gasteiger partial charge in [0.25, 0.3) is 0 Å².